The second-order valence-electron chi connectivity index (χ2n) is 6.01. The molecule has 0 aromatic rings. The van der Waals surface area contributed by atoms with Gasteiger partial charge < -0.3 is 5.11 Å². The maximum Gasteiger partial charge on any atom is 0.324 e. The lowest BCUT2D eigenvalue weighted by Gasteiger charge is -2.08. The summed E-state index contributed by atoms with van der Waals surface area (Å²) in [5, 5.41) is 7.07. The topological polar surface area (TPSA) is 91.7 Å². The van der Waals surface area contributed by atoms with Crippen LogP contribution in [0.5, 0.6) is 0 Å². The van der Waals surface area contributed by atoms with E-state index in [0.29, 0.717) is 6.42 Å². The van der Waals surface area contributed by atoms with E-state index in [1.54, 1.807) is 0 Å². The van der Waals surface area contributed by atoms with Gasteiger partial charge in [0, 0.05) is 0 Å². The molecule has 0 radical (unpaired) electrons. The fourth-order valence-corrected chi connectivity index (χ4v) is 3.08. The lowest BCUT2D eigenvalue weighted by molar-refractivity contribution is -0.136. The second kappa shape index (κ2) is 14.2. The molecule has 140 valence electrons. The van der Waals surface area contributed by atoms with E-state index in [1.165, 1.54) is 19.3 Å². The second-order valence-corrected chi connectivity index (χ2v) is 7.61. The standard InChI is InChI=1S/C18H32O5S/c1-2-3-4-5-6-7-8-9-10-11-12-13-14-15-16-17(18(19)20)24(21,22)23/h6-7,9-10,17H,2-5,8,11-16H2,1H3,(H,19,20)(H,21,22,23)/b7-6-,10-9-. The molecular formula is C18H32O5S. The summed E-state index contributed by atoms with van der Waals surface area (Å²) in [6.45, 7) is 2.20. The average molecular weight is 361 g/mol. The summed E-state index contributed by atoms with van der Waals surface area (Å²) in [4.78, 5) is 10.8. The van der Waals surface area contributed by atoms with Crippen molar-refractivity contribution in [2.75, 3.05) is 0 Å². The Morgan fingerprint density at radius 2 is 1.46 bits per heavy atom. The number of carboxylic acids is 1. The predicted octanol–water partition coefficient (Wildman–Crippen LogP) is 4.75. The molecule has 6 heteroatoms. The zero-order valence-electron chi connectivity index (χ0n) is 14.7. The Kier molecular flexibility index (Phi) is 13.5. The molecule has 0 aliphatic heterocycles. The number of hydrogen-bond donors (Lipinski definition) is 2. The average Bonchev–Trinajstić information content (AvgIpc) is 2.49. The smallest absolute Gasteiger partial charge is 0.324 e. The fourth-order valence-electron chi connectivity index (χ4n) is 2.36. The molecule has 0 aliphatic carbocycles. The largest absolute Gasteiger partial charge is 0.480 e. The highest BCUT2D eigenvalue weighted by Crippen LogP contribution is 2.13. The summed E-state index contributed by atoms with van der Waals surface area (Å²) in [5.41, 5.74) is 0. The quantitative estimate of drug-likeness (QED) is 0.250. The first-order valence-corrected chi connectivity index (χ1v) is 10.4. The highest BCUT2D eigenvalue weighted by atomic mass is 32.2. The summed E-state index contributed by atoms with van der Waals surface area (Å²) >= 11 is 0. The third-order valence-corrected chi connectivity index (χ3v) is 4.96. The van der Waals surface area contributed by atoms with E-state index in [0.717, 1.165) is 38.5 Å². The molecule has 0 rings (SSSR count). The minimum Gasteiger partial charge on any atom is -0.480 e. The van der Waals surface area contributed by atoms with Gasteiger partial charge in [-0.2, -0.15) is 8.42 Å². The fraction of sp³-hybridized carbons (Fsp3) is 0.722. The summed E-state index contributed by atoms with van der Waals surface area (Å²) in [6, 6.07) is 0. The maximum absolute atomic E-state index is 10.9. The van der Waals surface area contributed by atoms with Crippen molar-refractivity contribution in [3.8, 4) is 0 Å². The van der Waals surface area contributed by atoms with Gasteiger partial charge in [-0.05, 0) is 38.5 Å². The van der Waals surface area contributed by atoms with Crippen molar-refractivity contribution in [2.24, 2.45) is 0 Å². The number of rotatable bonds is 15. The number of hydrogen-bond acceptors (Lipinski definition) is 3. The Balaban J connectivity index is 3.60. The first-order chi connectivity index (χ1) is 11.4. The minimum absolute atomic E-state index is 0.0349. The van der Waals surface area contributed by atoms with Crippen molar-refractivity contribution in [2.45, 2.75) is 82.8 Å². The number of aliphatic carboxylic acids is 1. The lowest BCUT2D eigenvalue weighted by atomic mass is 10.1. The molecule has 1 atom stereocenters. The van der Waals surface area contributed by atoms with Gasteiger partial charge in [-0.3, -0.25) is 9.35 Å². The van der Waals surface area contributed by atoms with Crippen molar-refractivity contribution in [3.63, 3.8) is 0 Å². The molecule has 2 N–H and O–H groups in total. The van der Waals surface area contributed by atoms with Crippen LogP contribution in [-0.4, -0.2) is 29.3 Å². The van der Waals surface area contributed by atoms with E-state index >= 15 is 0 Å². The van der Waals surface area contributed by atoms with Crippen LogP contribution in [0.4, 0.5) is 0 Å². The summed E-state index contributed by atoms with van der Waals surface area (Å²) in [7, 11) is -4.50. The minimum atomic E-state index is -4.50. The van der Waals surface area contributed by atoms with Gasteiger partial charge in [0.05, 0.1) is 0 Å². The van der Waals surface area contributed by atoms with Crippen LogP contribution >= 0.6 is 0 Å². The molecule has 1 unspecified atom stereocenters. The Labute approximate surface area is 146 Å². The summed E-state index contributed by atoms with van der Waals surface area (Å²) < 4.78 is 30.6. The van der Waals surface area contributed by atoms with Crippen LogP contribution in [0.3, 0.4) is 0 Å². The SMILES string of the molecule is CCCCC/C=C\C/C=C\CCCCCCC(C(=O)O)S(=O)(=O)O. The Hall–Kier alpha value is -1.14. The zero-order valence-corrected chi connectivity index (χ0v) is 15.5. The van der Waals surface area contributed by atoms with Crippen LogP contribution in [0.2, 0.25) is 0 Å². The highest BCUT2D eigenvalue weighted by molar-refractivity contribution is 7.87. The molecule has 0 heterocycles. The summed E-state index contributed by atoms with van der Waals surface area (Å²) in [5.74, 6) is -1.48. The number of carboxylic acid groups (broad SMARTS) is 1. The van der Waals surface area contributed by atoms with Gasteiger partial charge in [0.1, 0.15) is 0 Å². The van der Waals surface area contributed by atoms with Crippen LogP contribution in [0.1, 0.15) is 77.6 Å². The van der Waals surface area contributed by atoms with E-state index in [-0.39, 0.29) is 6.42 Å². The van der Waals surface area contributed by atoms with Gasteiger partial charge in [-0.15, -0.1) is 0 Å². The molecule has 0 saturated carbocycles. The van der Waals surface area contributed by atoms with E-state index < -0.39 is 21.3 Å². The third kappa shape index (κ3) is 13.3. The summed E-state index contributed by atoms with van der Waals surface area (Å²) in [6.07, 6.45) is 18.8. The lowest BCUT2D eigenvalue weighted by Crippen LogP contribution is -2.29. The molecule has 5 nitrogen and oxygen atoms in total. The molecule has 0 bridgehead atoms. The maximum atomic E-state index is 10.9. The van der Waals surface area contributed by atoms with Crippen LogP contribution in [0.15, 0.2) is 24.3 Å². The van der Waals surface area contributed by atoms with E-state index in [9.17, 15) is 13.2 Å². The number of unbranched alkanes of at least 4 members (excludes halogenated alkanes) is 7. The van der Waals surface area contributed by atoms with Crippen LogP contribution in [0.25, 0.3) is 0 Å². The molecule has 0 saturated heterocycles. The third-order valence-electron chi connectivity index (χ3n) is 3.80. The van der Waals surface area contributed by atoms with Crippen molar-refractivity contribution in [3.05, 3.63) is 24.3 Å². The molecule has 24 heavy (non-hydrogen) atoms. The molecule has 0 aromatic carbocycles. The molecular weight excluding hydrogens is 328 g/mol. The zero-order chi connectivity index (χ0) is 18.3. The van der Waals surface area contributed by atoms with E-state index in [4.69, 9.17) is 9.66 Å². The van der Waals surface area contributed by atoms with Gasteiger partial charge in [0.25, 0.3) is 10.1 Å². The molecule has 0 aliphatic rings. The van der Waals surface area contributed by atoms with Crippen LogP contribution < -0.4 is 0 Å². The molecule has 0 aromatic heterocycles. The monoisotopic (exact) mass is 360 g/mol. The van der Waals surface area contributed by atoms with Gasteiger partial charge >= 0.3 is 5.97 Å². The molecule has 0 amide bonds. The first kappa shape index (κ1) is 22.9. The van der Waals surface area contributed by atoms with Gasteiger partial charge in [-0.25, -0.2) is 0 Å². The molecule has 0 spiro atoms. The van der Waals surface area contributed by atoms with E-state index in [2.05, 4.69) is 31.2 Å². The Bertz CT molecular complexity index is 480. The van der Waals surface area contributed by atoms with Gasteiger partial charge in [-0.1, -0.05) is 63.3 Å². The van der Waals surface area contributed by atoms with Crippen molar-refractivity contribution in [1.29, 1.82) is 0 Å². The number of carbonyl (C=O) groups is 1. The van der Waals surface area contributed by atoms with Crippen molar-refractivity contribution < 1.29 is 22.9 Å². The first-order valence-electron chi connectivity index (χ1n) is 8.88. The van der Waals surface area contributed by atoms with Crippen LogP contribution in [0, 0.1) is 0 Å². The highest BCUT2D eigenvalue weighted by Gasteiger charge is 2.29. The van der Waals surface area contributed by atoms with E-state index in [1.807, 2.05) is 0 Å². The van der Waals surface area contributed by atoms with Gasteiger partial charge in [0.2, 0.25) is 0 Å². The Morgan fingerprint density at radius 1 is 0.917 bits per heavy atom. The van der Waals surface area contributed by atoms with Crippen molar-refractivity contribution in [1.82, 2.24) is 0 Å². The van der Waals surface area contributed by atoms with Crippen molar-refractivity contribution >= 4 is 16.1 Å². The predicted molar refractivity (Wildman–Crippen MR) is 97.7 cm³/mol. The number of allylic oxidation sites excluding steroid dienone is 4. The molecule has 0 fully saturated rings. The Morgan fingerprint density at radius 3 is 1.96 bits per heavy atom. The van der Waals surface area contributed by atoms with Crippen LogP contribution in [-0.2, 0) is 14.9 Å². The normalized spacial score (nSPS) is 13.8. The van der Waals surface area contributed by atoms with Gasteiger partial charge in [0.15, 0.2) is 5.25 Å².